The van der Waals surface area contributed by atoms with Crippen LogP contribution in [0, 0.1) is 0 Å². The van der Waals surface area contributed by atoms with Crippen LogP contribution in [0.5, 0.6) is 0 Å². The molecule has 0 spiro atoms. The summed E-state index contributed by atoms with van der Waals surface area (Å²) >= 11 is 1.70. The molecule has 1 aliphatic rings. The Balaban J connectivity index is 1.81. The van der Waals surface area contributed by atoms with Crippen LogP contribution in [0.2, 0.25) is 0 Å². The zero-order valence-electron chi connectivity index (χ0n) is 11.0. The Bertz CT molecular complexity index is 353. The second-order valence-corrected chi connectivity index (χ2v) is 5.26. The maximum Gasteiger partial charge on any atom is 0.185 e. The van der Waals surface area contributed by atoms with E-state index >= 15 is 0 Å². The molecular weight excluding hydrogens is 250 g/mol. The molecule has 6 heteroatoms. The first kappa shape index (κ1) is 13.7. The van der Waals surface area contributed by atoms with Gasteiger partial charge in [0.2, 0.25) is 0 Å². The minimum atomic E-state index is 0.477. The smallest absolute Gasteiger partial charge is 0.185 e. The van der Waals surface area contributed by atoms with Crippen LogP contribution in [0.4, 0.5) is 5.13 Å². The van der Waals surface area contributed by atoms with Gasteiger partial charge in [0.1, 0.15) is 0 Å². The number of methoxy groups -OCH3 is 1. The van der Waals surface area contributed by atoms with Crippen LogP contribution in [-0.4, -0.2) is 51.5 Å². The van der Waals surface area contributed by atoms with E-state index in [0.717, 1.165) is 50.2 Å². The van der Waals surface area contributed by atoms with Gasteiger partial charge in [0, 0.05) is 39.2 Å². The van der Waals surface area contributed by atoms with E-state index in [0.29, 0.717) is 6.04 Å². The lowest BCUT2D eigenvalue weighted by Gasteiger charge is -2.21. The van der Waals surface area contributed by atoms with Crippen LogP contribution in [0.15, 0.2) is 5.38 Å². The third-order valence-corrected chi connectivity index (χ3v) is 4.06. The summed E-state index contributed by atoms with van der Waals surface area (Å²) in [5, 5.41) is 6.49. The lowest BCUT2D eigenvalue weighted by Crippen LogP contribution is -2.31. The van der Waals surface area contributed by atoms with Crippen molar-refractivity contribution in [3.8, 4) is 0 Å². The zero-order chi connectivity index (χ0) is 12.8. The molecule has 1 N–H and O–H groups in total. The second-order valence-electron chi connectivity index (χ2n) is 4.42. The SMILES string of the molecule is COCCNCc1csc(N(C)C2CCOC2)n1. The lowest BCUT2D eigenvalue weighted by molar-refractivity contribution is 0.193. The van der Waals surface area contributed by atoms with Crippen molar-refractivity contribution in [3.05, 3.63) is 11.1 Å². The molecular formula is C12H21N3O2S. The van der Waals surface area contributed by atoms with Crippen molar-refractivity contribution < 1.29 is 9.47 Å². The number of rotatable bonds is 7. The van der Waals surface area contributed by atoms with Crippen LogP contribution < -0.4 is 10.2 Å². The van der Waals surface area contributed by atoms with Crippen LogP contribution in [0.1, 0.15) is 12.1 Å². The van der Waals surface area contributed by atoms with Gasteiger partial charge in [0.25, 0.3) is 0 Å². The molecule has 1 saturated heterocycles. The Hall–Kier alpha value is -0.690. The van der Waals surface area contributed by atoms with Crippen LogP contribution >= 0.6 is 11.3 Å². The van der Waals surface area contributed by atoms with Crippen molar-refractivity contribution in [1.82, 2.24) is 10.3 Å². The summed E-state index contributed by atoms with van der Waals surface area (Å²) in [6.45, 7) is 4.07. The van der Waals surface area contributed by atoms with Gasteiger partial charge in [0.15, 0.2) is 5.13 Å². The molecule has 1 aromatic heterocycles. The summed E-state index contributed by atoms with van der Waals surface area (Å²) in [4.78, 5) is 6.87. The van der Waals surface area contributed by atoms with Gasteiger partial charge in [-0.25, -0.2) is 4.98 Å². The molecule has 1 atom stereocenters. The van der Waals surface area contributed by atoms with Crippen molar-refractivity contribution in [3.63, 3.8) is 0 Å². The average Bonchev–Trinajstić information content (AvgIpc) is 3.05. The Labute approximate surface area is 112 Å². The first-order valence-electron chi connectivity index (χ1n) is 6.26. The maximum atomic E-state index is 5.41. The molecule has 1 aliphatic heterocycles. The molecule has 1 unspecified atom stereocenters. The van der Waals surface area contributed by atoms with Crippen molar-refractivity contribution in [2.45, 2.75) is 19.0 Å². The highest BCUT2D eigenvalue weighted by Gasteiger charge is 2.22. The number of hydrogen-bond acceptors (Lipinski definition) is 6. The summed E-state index contributed by atoms with van der Waals surface area (Å²) in [6.07, 6.45) is 1.09. The molecule has 1 aromatic rings. The largest absolute Gasteiger partial charge is 0.383 e. The van der Waals surface area contributed by atoms with Crippen LogP contribution in [0.3, 0.4) is 0 Å². The fourth-order valence-electron chi connectivity index (χ4n) is 1.91. The monoisotopic (exact) mass is 271 g/mol. The Morgan fingerprint density at radius 3 is 3.28 bits per heavy atom. The number of likely N-dealkylation sites (N-methyl/N-ethyl adjacent to an activating group) is 1. The van der Waals surface area contributed by atoms with Crippen LogP contribution in [-0.2, 0) is 16.0 Å². The molecule has 0 amide bonds. The van der Waals surface area contributed by atoms with Crippen molar-refractivity contribution >= 4 is 16.5 Å². The number of anilines is 1. The normalized spacial score (nSPS) is 19.3. The first-order valence-corrected chi connectivity index (χ1v) is 7.14. The average molecular weight is 271 g/mol. The van der Waals surface area contributed by atoms with Gasteiger partial charge in [0.05, 0.1) is 24.9 Å². The van der Waals surface area contributed by atoms with Gasteiger partial charge >= 0.3 is 0 Å². The third-order valence-electron chi connectivity index (χ3n) is 3.08. The second kappa shape index (κ2) is 7.04. The van der Waals surface area contributed by atoms with E-state index in [9.17, 15) is 0 Å². The Kier molecular flexibility index (Phi) is 5.37. The molecule has 0 saturated carbocycles. The standard InChI is InChI=1S/C12H21N3O2S/c1-15(11-3-5-17-8-11)12-14-10(9-18-12)7-13-4-6-16-2/h9,11,13H,3-8H2,1-2H3. The summed E-state index contributed by atoms with van der Waals surface area (Å²) in [7, 11) is 3.81. The minimum Gasteiger partial charge on any atom is -0.383 e. The van der Waals surface area contributed by atoms with Crippen molar-refractivity contribution in [2.24, 2.45) is 0 Å². The van der Waals surface area contributed by atoms with E-state index in [1.165, 1.54) is 0 Å². The molecule has 0 radical (unpaired) electrons. The maximum absolute atomic E-state index is 5.41. The first-order chi connectivity index (χ1) is 8.81. The summed E-state index contributed by atoms with van der Waals surface area (Å²) in [5.74, 6) is 0. The van der Waals surface area contributed by atoms with E-state index in [4.69, 9.17) is 9.47 Å². The molecule has 5 nitrogen and oxygen atoms in total. The number of thiazole rings is 1. The highest BCUT2D eigenvalue weighted by atomic mass is 32.1. The number of nitrogens with zero attached hydrogens (tertiary/aromatic N) is 2. The summed E-state index contributed by atoms with van der Waals surface area (Å²) < 4.78 is 10.4. The minimum absolute atomic E-state index is 0.477. The predicted molar refractivity (Wildman–Crippen MR) is 73.3 cm³/mol. The van der Waals surface area contributed by atoms with E-state index in [1.54, 1.807) is 18.4 Å². The van der Waals surface area contributed by atoms with Gasteiger partial charge in [-0.15, -0.1) is 11.3 Å². The van der Waals surface area contributed by atoms with Gasteiger partial charge in [-0.2, -0.15) is 0 Å². The fraction of sp³-hybridized carbons (Fsp3) is 0.750. The molecule has 0 bridgehead atoms. The van der Waals surface area contributed by atoms with Crippen molar-refractivity contribution in [2.75, 3.05) is 45.4 Å². The van der Waals surface area contributed by atoms with Gasteiger partial charge in [-0.3, -0.25) is 0 Å². The van der Waals surface area contributed by atoms with Gasteiger partial charge in [-0.05, 0) is 6.42 Å². The Morgan fingerprint density at radius 2 is 2.56 bits per heavy atom. The molecule has 1 fully saturated rings. The topological polar surface area (TPSA) is 46.6 Å². The molecule has 2 rings (SSSR count). The quantitative estimate of drug-likeness (QED) is 0.753. The number of nitrogens with one attached hydrogen (secondary N) is 1. The van der Waals surface area contributed by atoms with Crippen LogP contribution in [0.25, 0.3) is 0 Å². The van der Waals surface area contributed by atoms with E-state index < -0.39 is 0 Å². The van der Waals surface area contributed by atoms with Gasteiger partial charge in [-0.1, -0.05) is 0 Å². The number of ether oxygens (including phenoxy) is 2. The predicted octanol–water partition coefficient (Wildman–Crippen LogP) is 1.10. The van der Waals surface area contributed by atoms with Gasteiger partial charge < -0.3 is 19.7 Å². The molecule has 102 valence electrons. The summed E-state index contributed by atoms with van der Waals surface area (Å²) in [6, 6.07) is 0.477. The fourth-order valence-corrected chi connectivity index (χ4v) is 2.78. The third kappa shape index (κ3) is 3.65. The molecule has 2 heterocycles. The lowest BCUT2D eigenvalue weighted by atomic mass is 10.2. The van der Waals surface area contributed by atoms with E-state index in [2.05, 4.69) is 27.6 Å². The van der Waals surface area contributed by atoms with E-state index in [-0.39, 0.29) is 0 Å². The van der Waals surface area contributed by atoms with E-state index in [1.807, 2.05) is 0 Å². The highest BCUT2D eigenvalue weighted by molar-refractivity contribution is 7.13. The molecule has 18 heavy (non-hydrogen) atoms. The zero-order valence-corrected chi connectivity index (χ0v) is 11.8. The number of hydrogen-bond donors (Lipinski definition) is 1. The Morgan fingerprint density at radius 1 is 1.67 bits per heavy atom. The molecule has 0 aliphatic carbocycles. The van der Waals surface area contributed by atoms with Crippen molar-refractivity contribution in [1.29, 1.82) is 0 Å². The summed E-state index contributed by atoms with van der Waals surface area (Å²) in [5.41, 5.74) is 1.09. The number of aromatic nitrogens is 1. The highest BCUT2D eigenvalue weighted by Crippen LogP contribution is 2.24. The molecule has 0 aromatic carbocycles.